The molecule has 0 unspecified atom stereocenters. The standard InChI is InChI=1S/C20H27ClN2O2/c1-13(2)18-11-23-10-16(9-17(23)12-25-18)22-19(24)20(7-8-20)14-3-5-15(21)6-4-14/h3-6,13,16-18H,7-12H2,1-2H3,(H,22,24)/t16-,17+,18-/m1/s1. The van der Waals surface area contributed by atoms with E-state index in [1.165, 1.54) is 0 Å². The number of rotatable bonds is 4. The van der Waals surface area contributed by atoms with Crippen molar-refractivity contribution in [3.63, 3.8) is 0 Å². The van der Waals surface area contributed by atoms with Gasteiger partial charge in [-0.15, -0.1) is 0 Å². The predicted octanol–water partition coefficient (Wildman–Crippen LogP) is 2.99. The fraction of sp³-hybridized carbons (Fsp3) is 0.650. The molecule has 4 nitrogen and oxygen atoms in total. The van der Waals surface area contributed by atoms with Crippen LogP contribution in [0.4, 0.5) is 0 Å². The van der Waals surface area contributed by atoms with Gasteiger partial charge in [0.05, 0.1) is 18.1 Å². The van der Waals surface area contributed by atoms with Gasteiger partial charge in [-0.1, -0.05) is 37.6 Å². The molecule has 1 aliphatic carbocycles. The molecule has 136 valence electrons. The Morgan fingerprint density at radius 1 is 1.28 bits per heavy atom. The van der Waals surface area contributed by atoms with Crippen molar-refractivity contribution < 1.29 is 9.53 Å². The molecule has 3 fully saturated rings. The minimum atomic E-state index is -0.329. The van der Waals surface area contributed by atoms with E-state index in [1.807, 2.05) is 24.3 Å². The molecule has 2 heterocycles. The molecule has 5 heteroatoms. The molecule has 25 heavy (non-hydrogen) atoms. The van der Waals surface area contributed by atoms with Crippen molar-refractivity contribution in [2.24, 2.45) is 5.92 Å². The summed E-state index contributed by atoms with van der Waals surface area (Å²) in [7, 11) is 0. The molecule has 0 bridgehead atoms. The molecule has 2 aliphatic heterocycles. The maximum atomic E-state index is 13.0. The minimum absolute atomic E-state index is 0.181. The lowest BCUT2D eigenvalue weighted by atomic mass is 9.94. The fourth-order valence-corrected chi connectivity index (χ4v) is 4.40. The molecule has 1 aromatic carbocycles. The summed E-state index contributed by atoms with van der Waals surface area (Å²) in [6, 6.07) is 8.43. The minimum Gasteiger partial charge on any atom is -0.375 e. The number of morpholine rings is 1. The maximum absolute atomic E-state index is 13.0. The van der Waals surface area contributed by atoms with E-state index in [1.54, 1.807) is 0 Å². The first-order valence-corrected chi connectivity index (χ1v) is 9.78. The van der Waals surface area contributed by atoms with Crippen LogP contribution in [0.2, 0.25) is 5.02 Å². The van der Waals surface area contributed by atoms with Gasteiger partial charge in [-0.25, -0.2) is 0 Å². The highest BCUT2D eigenvalue weighted by Crippen LogP contribution is 2.48. The summed E-state index contributed by atoms with van der Waals surface area (Å²) in [6.07, 6.45) is 3.17. The number of benzene rings is 1. The first-order chi connectivity index (χ1) is 12.0. The van der Waals surface area contributed by atoms with Crippen LogP contribution in [0.5, 0.6) is 0 Å². The Kier molecular flexibility index (Phi) is 4.55. The molecule has 1 amide bonds. The van der Waals surface area contributed by atoms with Crippen LogP contribution < -0.4 is 5.32 Å². The van der Waals surface area contributed by atoms with E-state index >= 15 is 0 Å². The fourth-order valence-electron chi connectivity index (χ4n) is 4.27. The van der Waals surface area contributed by atoms with Crippen LogP contribution >= 0.6 is 11.6 Å². The molecule has 4 rings (SSSR count). The van der Waals surface area contributed by atoms with Crippen molar-refractivity contribution >= 4 is 17.5 Å². The molecule has 1 aromatic rings. The van der Waals surface area contributed by atoms with Gasteiger partial charge in [-0.3, -0.25) is 9.69 Å². The van der Waals surface area contributed by atoms with Crippen molar-refractivity contribution in [3.05, 3.63) is 34.9 Å². The zero-order valence-corrected chi connectivity index (χ0v) is 15.8. The molecule has 0 radical (unpaired) electrons. The highest BCUT2D eigenvalue weighted by molar-refractivity contribution is 6.30. The SMILES string of the molecule is CC(C)[C@H]1CN2C[C@H](NC(=O)C3(c4ccc(Cl)cc4)CC3)C[C@H]2CO1. The molecule has 1 saturated carbocycles. The molecule has 1 N–H and O–H groups in total. The van der Waals surface area contributed by atoms with E-state index in [0.29, 0.717) is 23.1 Å². The van der Waals surface area contributed by atoms with Crippen molar-refractivity contribution in [2.75, 3.05) is 19.7 Å². The molecule has 0 spiro atoms. The monoisotopic (exact) mass is 362 g/mol. The second-order valence-corrected chi connectivity index (χ2v) is 8.66. The molecule has 0 aromatic heterocycles. The van der Waals surface area contributed by atoms with E-state index in [0.717, 1.165) is 44.5 Å². The van der Waals surface area contributed by atoms with Crippen LogP contribution in [0.1, 0.15) is 38.7 Å². The summed E-state index contributed by atoms with van der Waals surface area (Å²) < 4.78 is 6.00. The average molecular weight is 363 g/mol. The maximum Gasteiger partial charge on any atom is 0.230 e. The summed E-state index contributed by atoms with van der Waals surface area (Å²) >= 11 is 5.99. The lowest BCUT2D eigenvalue weighted by molar-refractivity contribution is -0.124. The van der Waals surface area contributed by atoms with Gasteiger partial charge in [-0.05, 0) is 42.9 Å². The summed E-state index contributed by atoms with van der Waals surface area (Å²) in [6.45, 7) is 7.14. The Labute approximate surface area is 154 Å². The van der Waals surface area contributed by atoms with Gasteiger partial charge >= 0.3 is 0 Å². The Hall–Kier alpha value is -1.10. The van der Waals surface area contributed by atoms with Crippen molar-refractivity contribution in [1.82, 2.24) is 10.2 Å². The van der Waals surface area contributed by atoms with Gasteiger partial charge in [0.25, 0.3) is 0 Å². The predicted molar refractivity (Wildman–Crippen MR) is 98.9 cm³/mol. The van der Waals surface area contributed by atoms with Gasteiger partial charge in [0.2, 0.25) is 5.91 Å². The number of fused-ring (bicyclic) bond motifs is 1. The number of nitrogens with zero attached hydrogens (tertiary/aromatic N) is 1. The van der Waals surface area contributed by atoms with Gasteiger partial charge in [0, 0.05) is 30.2 Å². The highest BCUT2D eigenvalue weighted by atomic mass is 35.5. The quantitative estimate of drug-likeness (QED) is 0.895. The Balaban J connectivity index is 1.38. The number of carbonyl (C=O) groups is 1. The van der Waals surface area contributed by atoms with Crippen LogP contribution in [-0.4, -0.2) is 48.7 Å². The lowest BCUT2D eigenvalue weighted by Gasteiger charge is -2.36. The van der Waals surface area contributed by atoms with Crippen LogP contribution in [0.3, 0.4) is 0 Å². The third kappa shape index (κ3) is 3.32. The molecule has 3 aliphatic rings. The number of halogens is 1. The number of ether oxygens (including phenoxy) is 1. The van der Waals surface area contributed by atoms with Crippen LogP contribution in [-0.2, 0) is 14.9 Å². The summed E-state index contributed by atoms with van der Waals surface area (Å²) in [5.74, 6) is 0.718. The first kappa shape index (κ1) is 17.3. The number of hydrogen-bond acceptors (Lipinski definition) is 3. The third-order valence-electron chi connectivity index (χ3n) is 6.11. The van der Waals surface area contributed by atoms with Crippen molar-refractivity contribution in [2.45, 2.75) is 56.7 Å². The molecular weight excluding hydrogens is 336 g/mol. The Morgan fingerprint density at radius 2 is 2.00 bits per heavy atom. The molecule has 3 atom stereocenters. The van der Waals surface area contributed by atoms with E-state index < -0.39 is 0 Å². The molecule has 2 saturated heterocycles. The largest absolute Gasteiger partial charge is 0.375 e. The van der Waals surface area contributed by atoms with Gasteiger partial charge in [-0.2, -0.15) is 0 Å². The smallest absolute Gasteiger partial charge is 0.230 e. The number of nitrogens with one attached hydrogen (secondary N) is 1. The van der Waals surface area contributed by atoms with Crippen LogP contribution in [0.15, 0.2) is 24.3 Å². The topological polar surface area (TPSA) is 41.6 Å². The lowest BCUT2D eigenvalue weighted by Crippen LogP contribution is -2.48. The summed E-state index contributed by atoms with van der Waals surface area (Å²) in [4.78, 5) is 15.5. The van der Waals surface area contributed by atoms with E-state index in [9.17, 15) is 4.79 Å². The van der Waals surface area contributed by atoms with Crippen molar-refractivity contribution in [3.8, 4) is 0 Å². The molecular formula is C20H27ClN2O2. The number of hydrogen-bond donors (Lipinski definition) is 1. The summed E-state index contributed by atoms with van der Waals surface area (Å²) in [5.41, 5.74) is 0.762. The van der Waals surface area contributed by atoms with Gasteiger partial charge in [0.1, 0.15) is 0 Å². The van der Waals surface area contributed by atoms with Crippen molar-refractivity contribution in [1.29, 1.82) is 0 Å². The second kappa shape index (κ2) is 6.57. The van der Waals surface area contributed by atoms with Crippen LogP contribution in [0, 0.1) is 5.92 Å². The Morgan fingerprint density at radius 3 is 2.64 bits per heavy atom. The highest BCUT2D eigenvalue weighted by Gasteiger charge is 2.52. The zero-order chi connectivity index (χ0) is 17.6. The number of amides is 1. The van der Waals surface area contributed by atoms with E-state index in [-0.39, 0.29) is 17.4 Å². The van der Waals surface area contributed by atoms with E-state index in [2.05, 4.69) is 24.1 Å². The van der Waals surface area contributed by atoms with Crippen LogP contribution in [0.25, 0.3) is 0 Å². The second-order valence-electron chi connectivity index (χ2n) is 8.22. The zero-order valence-electron chi connectivity index (χ0n) is 15.0. The van der Waals surface area contributed by atoms with E-state index in [4.69, 9.17) is 16.3 Å². The van der Waals surface area contributed by atoms with Gasteiger partial charge < -0.3 is 10.1 Å². The summed E-state index contributed by atoms with van der Waals surface area (Å²) in [5, 5.41) is 4.04. The Bertz CT molecular complexity index is 642. The third-order valence-corrected chi connectivity index (χ3v) is 6.36. The van der Waals surface area contributed by atoms with Gasteiger partial charge in [0.15, 0.2) is 0 Å². The normalized spacial score (nSPS) is 31.0. The number of carbonyl (C=O) groups excluding carboxylic acids is 1. The first-order valence-electron chi connectivity index (χ1n) is 9.40. The average Bonchev–Trinajstić information content (AvgIpc) is 3.30.